The molecule has 1 atom stereocenters. The van der Waals surface area contributed by atoms with Crippen molar-refractivity contribution in [2.45, 2.75) is 66.3 Å². The fourth-order valence-corrected chi connectivity index (χ4v) is 2.33. The van der Waals surface area contributed by atoms with Crippen molar-refractivity contribution in [1.82, 2.24) is 9.80 Å². The van der Waals surface area contributed by atoms with Gasteiger partial charge < -0.3 is 0 Å². The molecule has 1 radical (unpaired) electrons. The molecule has 0 aromatic heterocycles. The van der Waals surface area contributed by atoms with Crippen LogP contribution >= 0.6 is 0 Å². The molecule has 103 valence electrons. The average molecular weight is 241 g/mol. The Morgan fingerprint density at radius 1 is 0.765 bits per heavy atom. The summed E-state index contributed by atoms with van der Waals surface area (Å²) in [6, 6.07) is 0.577. The van der Waals surface area contributed by atoms with Gasteiger partial charge >= 0.3 is 0 Å². The highest BCUT2D eigenvalue weighted by atomic mass is 15.2. The Hall–Kier alpha value is -0.0800. The molecule has 0 saturated heterocycles. The summed E-state index contributed by atoms with van der Waals surface area (Å²) in [5.74, 6) is 0. The van der Waals surface area contributed by atoms with Gasteiger partial charge in [-0.15, -0.1) is 0 Å². The Balaban J connectivity index is 4.16. The van der Waals surface area contributed by atoms with Crippen molar-refractivity contribution in [2.24, 2.45) is 0 Å². The molecule has 0 aliphatic rings. The highest BCUT2D eigenvalue weighted by molar-refractivity contribution is 4.82. The van der Waals surface area contributed by atoms with Gasteiger partial charge in [-0.2, -0.15) is 0 Å². The maximum absolute atomic E-state index is 2.60. The minimum atomic E-state index is 0.577. The highest BCUT2D eigenvalue weighted by Gasteiger charge is 2.15. The Morgan fingerprint density at radius 3 is 1.53 bits per heavy atom. The van der Waals surface area contributed by atoms with Crippen LogP contribution in [0.15, 0.2) is 0 Å². The largest absolute Gasteiger partial charge is 0.299 e. The predicted octanol–water partition coefficient (Wildman–Crippen LogP) is 3.78. The van der Waals surface area contributed by atoms with Crippen molar-refractivity contribution in [3.05, 3.63) is 6.54 Å². The minimum absolute atomic E-state index is 0.577. The Kier molecular flexibility index (Phi) is 11.0. The number of nitrogens with zero attached hydrogens (tertiary/aromatic N) is 2. The lowest BCUT2D eigenvalue weighted by molar-refractivity contribution is 0.185. The summed E-state index contributed by atoms with van der Waals surface area (Å²) in [6.07, 6.45) is 4.98. The van der Waals surface area contributed by atoms with Crippen LogP contribution in [0.3, 0.4) is 0 Å². The van der Waals surface area contributed by atoms with Gasteiger partial charge in [-0.1, -0.05) is 27.7 Å². The lowest BCUT2D eigenvalue weighted by atomic mass is 10.2. The van der Waals surface area contributed by atoms with E-state index in [1.165, 1.54) is 51.9 Å². The van der Waals surface area contributed by atoms with Crippen LogP contribution in [0.1, 0.15) is 60.3 Å². The Labute approximate surface area is 109 Å². The van der Waals surface area contributed by atoms with E-state index in [0.717, 1.165) is 0 Å². The summed E-state index contributed by atoms with van der Waals surface area (Å²) in [4.78, 5) is 5.10. The molecule has 0 N–H and O–H groups in total. The molecule has 0 aromatic carbocycles. The molecule has 0 bridgehead atoms. The smallest absolute Gasteiger partial charge is 0.0419 e. The monoisotopic (exact) mass is 241 g/mol. The van der Waals surface area contributed by atoms with Crippen LogP contribution in [0.4, 0.5) is 0 Å². The summed E-state index contributed by atoms with van der Waals surface area (Å²) >= 11 is 0. The van der Waals surface area contributed by atoms with E-state index in [9.17, 15) is 0 Å². The molecular weight excluding hydrogens is 208 g/mol. The van der Waals surface area contributed by atoms with E-state index in [1.807, 2.05) is 0 Å². The maximum Gasteiger partial charge on any atom is 0.0419 e. The second-order valence-corrected chi connectivity index (χ2v) is 4.96. The minimum Gasteiger partial charge on any atom is -0.299 e. The van der Waals surface area contributed by atoms with Crippen LogP contribution in [0.5, 0.6) is 0 Å². The van der Waals surface area contributed by atoms with Crippen molar-refractivity contribution >= 4 is 0 Å². The average Bonchev–Trinajstić information content (AvgIpc) is 2.29. The second kappa shape index (κ2) is 11.0. The van der Waals surface area contributed by atoms with Crippen LogP contribution in [0.25, 0.3) is 0 Å². The van der Waals surface area contributed by atoms with E-state index in [1.54, 1.807) is 0 Å². The van der Waals surface area contributed by atoms with Crippen molar-refractivity contribution in [3.63, 3.8) is 0 Å². The summed E-state index contributed by atoms with van der Waals surface area (Å²) in [5, 5.41) is 0. The van der Waals surface area contributed by atoms with Gasteiger partial charge in [-0.3, -0.25) is 9.80 Å². The molecule has 2 heteroatoms. The molecule has 0 spiro atoms. The lowest BCUT2D eigenvalue weighted by Crippen LogP contribution is -2.40. The standard InChI is InChI=1S/C15H33N2/c1-6-10-16(11-7-2)14-15(5)17(12-8-3)13-9-4/h14-15H,6-13H2,1-5H3. The van der Waals surface area contributed by atoms with Gasteiger partial charge in [-0.25, -0.2) is 0 Å². The number of hydrogen-bond donors (Lipinski definition) is 0. The molecule has 0 heterocycles. The molecule has 0 saturated carbocycles. The van der Waals surface area contributed by atoms with Gasteiger partial charge in [0.25, 0.3) is 0 Å². The predicted molar refractivity (Wildman–Crippen MR) is 78.1 cm³/mol. The van der Waals surface area contributed by atoms with Gasteiger partial charge in [0.2, 0.25) is 0 Å². The third kappa shape index (κ3) is 7.77. The van der Waals surface area contributed by atoms with E-state index in [0.29, 0.717) is 6.04 Å². The molecule has 0 amide bonds. The molecule has 0 aliphatic carbocycles. The van der Waals surface area contributed by atoms with Crippen LogP contribution in [-0.2, 0) is 0 Å². The van der Waals surface area contributed by atoms with E-state index in [2.05, 4.69) is 51.0 Å². The summed E-state index contributed by atoms with van der Waals surface area (Å²) in [7, 11) is 0. The highest BCUT2D eigenvalue weighted by Crippen LogP contribution is 2.09. The van der Waals surface area contributed by atoms with E-state index >= 15 is 0 Å². The fourth-order valence-electron chi connectivity index (χ4n) is 2.33. The third-order valence-electron chi connectivity index (χ3n) is 3.05. The SMILES string of the molecule is CCCN([CH]C(C)N(CCC)CCC)CCC. The van der Waals surface area contributed by atoms with E-state index < -0.39 is 0 Å². The van der Waals surface area contributed by atoms with Crippen molar-refractivity contribution < 1.29 is 0 Å². The summed E-state index contributed by atoms with van der Waals surface area (Å²) in [5.41, 5.74) is 0. The van der Waals surface area contributed by atoms with Crippen molar-refractivity contribution in [2.75, 3.05) is 26.2 Å². The zero-order chi connectivity index (χ0) is 13.1. The van der Waals surface area contributed by atoms with Crippen LogP contribution in [0, 0.1) is 6.54 Å². The molecule has 0 aromatic rings. The molecule has 2 nitrogen and oxygen atoms in total. The molecule has 0 fully saturated rings. The fraction of sp³-hybridized carbons (Fsp3) is 0.933. The zero-order valence-corrected chi connectivity index (χ0v) is 12.7. The van der Waals surface area contributed by atoms with Crippen LogP contribution in [-0.4, -0.2) is 42.0 Å². The Morgan fingerprint density at radius 2 is 1.18 bits per heavy atom. The molecule has 17 heavy (non-hydrogen) atoms. The summed E-state index contributed by atoms with van der Waals surface area (Å²) in [6.45, 7) is 18.7. The van der Waals surface area contributed by atoms with Crippen LogP contribution in [0.2, 0.25) is 0 Å². The molecule has 0 rings (SSSR count). The first kappa shape index (κ1) is 16.9. The number of hydrogen-bond acceptors (Lipinski definition) is 2. The van der Waals surface area contributed by atoms with E-state index in [4.69, 9.17) is 0 Å². The maximum atomic E-state index is 2.60. The normalized spacial score (nSPS) is 13.6. The van der Waals surface area contributed by atoms with Crippen molar-refractivity contribution in [1.29, 1.82) is 0 Å². The van der Waals surface area contributed by atoms with E-state index in [-0.39, 0.29) is 0 Å². The topological polar surface area (TPSA) is 6.48 Å². The molecule has 1 unspecified atom stereocenters. The first-order valence-corrected chi connectivity index (χ1v) is 7.52. The van der Waals surface area contributed by atoms with Gasteiger partial charge in [0.15, 0.2) is 0 Å². The molecule has 0 aliphatic heterocycles. The lowest BCUT2D eigenvalue weighted by Gasteiger charge is -2.32. The zero-order valence-electron chi connectivity index (χ0n) is 12.7. The molecular formula is C15H33N2. The van der Waals surface area contributed by atoms with Gasteiger partial charge in [-0.05, 0) is 58.8 Å². The first-order valence-electron chi connectivity index (χ1n) is 7.52. The Bertz CT molecular complexity index is 147. The quantitative estimate of drug-likeness (QED) is 0.543. The van der Waals surface area contributed by atoms with Gasteiger partial charge in [0, 0.05) is 12.6 Å². The number of rotatable bonds is 11. The third-order valence-corrected chi connectivity index (χ3v) is 3.05. The summed E-state index contributed by atoms with van der Waals surface area (Å²) < 4.78 is 0. The second-order valence-electron chi connectivity index (χ2n) is 4.96. The van der Waals surface area contributed by atoms with Gasteiger partial charge in [0.05, 0.1) is 0 Å². The van der Waals surface area contributed by atoms with Crippen LogP contribution < -0.4 is 0 Å². The van der Waals surface area contributed by atoms with Crippen molar-refractivity contribution in [3.8, 4) is 0 Å². The van der Waals surface area contributed by atoms with Gasteiger partial charge in [0.1, 0.15) is 0 Å². The first-order chi connectivity index (χ1) is 8.19.